The van der Waals surface area contributed by atoms with Gasteiger partial charge < -0.3 is 0 Å². The van der Waals surface area contributed by atoms with Crippen LogP contribution in [0.2, 0.25) is 0 Å². The molecule has 6 atom stereocenters. The standard InChI is InChI=1S/C16H24O/c1-9(2)11-7-12-15(5)13(17)8-14(4,10(11)3)16(12,15)6/h10-12H,1,7-8H2,2-6H3/t10-,11-,12?,14+,15+,16-/m0/s1. The summed E-state index contributed by atoms with van der Waals surface area (Å²) in [6.07, 6.45) is 1.98. The van der Waals surface area contributed by atoms with E-state index in [-0.39, 0.29) is 16.2 Å². The molecule has 0 radical (unpaired) electrons. The Morgan fingerprint density at radius 3 is 2.47 bits per heavy atom. The van der Waals surface area contributed by atoms with Crippen LogP contribution < -0.4 is 0 Å². The zero-order valence-corrected chi connectivity index (χ0v) is 11.8. The second kappa shape index (κ2) is 2.70. The van der Waals surface area contributed by atoms with Gasteiger partial charge in [-0.3, -0.25) is 4.79 Å². The van der Waals surface area contributed by atoms with Crippen LogP contribution in [0.4, 0.5) is 0 Å². The predicted molar refractivity (Wildman–Crippen MR) is 69.5 cm³/mol. The van der Waals surface area contributed by atoms with Crippen molar-refractivity contribution < 1.29 is 4.79 Å². The molecule has 0 saturated heterocycles. The fourth-order valence-corrected chi connectivity index (χ4v) is 5.72. The van der Waals surface area contributed by atoms with Crippen molar-refractivity contribution in [3.8, 4) is 0 Å². The van der Waals surface area contributed by atoms with Gasteiger partial charge in [0.2, 0.25) is 0 Å². The lowest BCUT2D eigenvalue weighted by atomic mass is 9.56. The van der Waals surface area contributed by atoms with Crippen LogP contribution in [0.5, 0.6) is 0 Å². The average molecular weight is 232 g/mol. The quantitative estimate of drug-likeness (QED) is 0.628. The smallest absolute Gasteiger partial charge is 0.140 e. The highest BCUT2D eigenvalue weighted by molar-refractivity contribution is 5.94. The van der Waals surface area contributed by atoms with E-state index in [2.05, 4.69) is 41.2 Å². The second-order valence-electron chi connectivity index (χ2n) is 7.45. The second-order valence-corrected chi connectivity index (χ2v) is 7.45. The van der Waals surface area contributed by atoms with Crippen LogP contribution in [-0.4, -0.2) is 5.78 Å². The third-order valence-electron chi connectivity index (χ3n) is 7.41. The van der Waals surface area contributed by atoms with Crippen LogP contribution in [0, 0.1) is 34.0 Å². The van der Waals surface area contributed by atoms with Crippen LogP contribution in [0.1, 0.15) is 47.5 Å². The van der Waals surface area contributed by atoms with E-state index in [1.165, 1.54) is 12.0 Å². The van der Waals surface area contributed by atoms with Crippen LogP contribution >= 0.6 is 0 Å². The molecule has 0 aromatic rings. The molecule has 1 unspecified atom stereocenters. The summed E-state index contributed by atoms with van der Waals surface area (Å²) in [5.41, 5.74) is 1.77. The molecule has 0 spiro atoms. The van der Waals surface area contributed by atoms with Crippen molar-refractivity contribution in [3.63, 3.8) is 0 Å². The Bertz CT molecular complexity index is 437. The maximum Gasteiger partial charge on any atom is 0.140 e. The van der Waals surface area contributed by atoms with Gasteiger partial charge in [0.1, 0.15) is 5.78 Å². The molecular weight excluding hydrogens is 208 g/mol. The lowest BCUT2D eigenvalue weighted by Gasteiger charge is -2.48. The molecule has 3 aliphatic carbocycles. The van der Waals surface area contributed by atoms with Crippen LogP contribution in [0.15, 0.2) is 12.2 Å². The van der Waals surface area contributed by atoms with Gasteiger partial charge in [-0.05, 0) is 41.9 Å². The van der Waals surface area contributed by atoms with E-state index in [9.17, 15) is 4.79 Å². The van der Waals surface area contributed by atoms with E-state index in [4.69, 9.17) is 0 Å². The van der Waals surface area contributed by atoms with E-state index in [0.717, 1.165) is 6.42 Å². The number of ketones is 1. The molecule has 0 aromatic carbocycles. The fraction of sp³-hybridized carbons (Fsp3) is 0.812. The van der Waals surface area contributed by atoms with Crippen molar-refractivity contribution in [2.24, 2.45) is 34.0 Å². The molecule has 0 aromatic heterocycles. The topological polar surface area (TPSA) is 17.1 Å². The Hall–Kier alpha value is -0.590. The summed E-state index contributed by atoms with van der Waals surface area (Å²) in [7, 11) is 0. The van der Waals surface area contributed by atoms with Crippen molar-refractivity contribution in [1.82, 2.24) is 0 Å². The summed E-state index contributed by atoms with van der Waals surface area (Å²) in [6.45, 7) is 15.6. The van der Waals surface area contributed by atoms with Crippen molar-refractivity contribution in [3.05, 3.63) is 12.2 Å². The third-order valence-corrected chi connectivity index (χ3v) is 7.41. The number of carbonyl (C=O) groups is 1. The molecule has 0 heterocycles. The van der Waals surface area contributed by atoms with Gasteiger partial charge in [0.25, 0.3) is 0 Å². The Morgan fingerprint density at radius 2 is 1.94 bits per heavy atom. The number of allylic oxidation sites excluding steroid dienone is 1. The maximum atomic E-state index is 12.4. The van der Waals surface area contributed by atoms with Crippen LogP contribution in [-0.2, 0) is 4.79 Å². The normalized spacial score (nSPS) is 60.1. The predicted octanol–water partition coefficient (Wildman–Crippen LogP) is 3.84. The molecule has 0 aliphatic heterocycles. The summed E-state index contributed by atoms with van der Waals surface area (Å²) >= 11 is 0. The largest absolute Gasteiger partial charge is 0.299 e. The number of rotatable bonds is 1. The lowest BCUT2D eigenvalue weighted by Crippen LogP contribution is -2.42. The highest BCUT2D eigenvalue weighted by atomic mass is 16.1. The lowest BCUT2D eigenvalue weighted by molar-refractivity contribution is -0.125. The molecule has 3 rings (SSSR count). The van der Waals surface area contributed by atoms with Crippen molar-refractivity contribution in [2.75, 3.05) is 0 Å². The number of hydrogen-bond acceptors (Lipinski definition) is 1. The maximum absolute atomic E-state index is 12.4. The molecule has 0 N–H and O–H groups in total. The Kier molecular flexibility index (Phi) is 1.83. The molecule has 1 heteroatoms. The molecule has 3 aliphatic rings. The summed E-state index contributed by atoms with van der Waals surface area (Å²) in [4.78, 5) is 12.4. The zero-order chi connectivity index (χ0) is 12.8. The molecule has 94 valence electrons. The van der Waals surface area contributed by atoms with Gasteiger partial charge in [-0.2, -0.15) is 0 Å². The number of hydrogen-bond donors (Lipinski definition) is 0. The molecule has 0 amide bonds. The van der Waals surface area contributed by atoms with Gasteiger partial charge >= 0.3 is 0 Å². The highest BCUT2D eigenvalue weighted by Gasteiger charge is 2.86. The van der Waals surface area contributed by atoms with E-state index in [1.807, 2.05) is 0 Å². The number of fused-ring (bicyclic) bond motifs is 1. The van der Waals surface area contributed by atoms with E-state index >= 15 is 0 Å². The van der Waals surface area contributed by atoms with E-state index in [0.29, 0.717) is 23.5 Å². The molecule has 0 bridgehead atoms. The van der Waals surface area contributed by atoms with Gasteiger partial charge in [-0.25, -0.2) is 0 Å². The monoisotopic (exact) mass is 232 g/mol. The molecule has 3 saturated carbocycles. The number of carbonyl (C=O) groups excluding carboxylic acids is 1. The van der Waals surface area contributed by atoms with Gasteiger partial charge in [0.15, 0.2) is 0 Å². The first-order chi connectivity index (χ1) is 7.71. The summed E-state index contributed by atoms with van der Waals surface area (Å²) < 4.78 is 0. The van der Waals surface area contributed by atoms with Gasteiger partial charge in [0, 0.05) is 11.8 Å². The Balaban J connectivity index is 2.10. The van der Waals surface area contributed by atoms with Gasteiger partial charge in [-0.15, -0.1) is 0 Å². The molecule has 17 heavy (non-hydrogen) atoms. The number of Topliss-reactive ketones (excluding diaryl/α,β-unsaturated/α-hetero) is 1. The minimum atomic E-state index is -0.0137. The minimum Gasteiger partial charge on any atom is -0.299 e. The Morgan fingerprint density at radius 1 is 1.35 bits per heavy atom. The third kappa shape index (κ3) is 0.871. The van der Waals surface area contributed by atoms with E-state index < -0.39 is 0 Å². The van der Waals surface area contributed by atoms with Crippen LogP contribution in [0.25, 0.3) is 0 Å². The zero-order valence-electron chi connectivity index (χ0n) is 11.8. The average Bonchev–Trinajstić information content (AvgIpc) is 2.67. The SMILES string of the molecule is C=C(C)[C@@H]1CC2[C@]3(C)[C@@]2(C)C(=O)C[C@]3(C)[C@H]1C. The summed E-state index contributed by atoms with van der Waals surface area (Å²) in [6, 6.07) is 0. The fourth-order valence-electron chi connectivity index (χ4n) is 5.72. The van der Waals surface area contributed by atoms with Crippen LogP contribution in [0.3, 0.4) is 0 Å². The Labute approximate surface area is 105 Å². The van der Waals surface area contributed by atoms with Crippen molar-refractivity contribution >= 4 is 5.78 Å². The first kappa shape index (κ1) is 11.5. The van der Waals surface area contributed by atoms with Crippen molar-refractivity contribution in [1.29, 1.82) is 0 Å². The minimum absolute atomic E-state index is 0.0137. The van der Waals surface area contributed by atoms with E-state index in [1.54, 1.807) is 0 Å². The molecule has 1 nitrogen and oxygen atoms in total. The first-order valence-corrected chi connectivity index (χ1v) is 6.90. The molecular formula is C16H24O. The molecule has 3 fully saturated rings. The van der Waals surface area contributed by atoms with Gasteiger partial charge in [-0.1, -0.05) is 39.8 Å². The van der Waals surface area contributed by atoms with Gasteiger partial charge in [0.05, 0.1) is 0 Å². The summed E-state index contributed by atoms with van der Waals surface area (Å²) in [5, 5.41) is 0. The first-order valence-electron chi connectivity index (χ1n) is 6.90. The summed E-state index contributed by atoms with van der Waals surface area (Å²) in [5.74, 6) is 2.35. The highest BCUT2D eigenvalue weighted by Crippen LogP contribution is 2.87. The van der Waals surface area contributed by atoms with Crippen molar-refractivity contribution in [2.45, 2.75) is 47.5 Å².